The summed E-state index contributed by atoms with van der Waals surface area (Å²) in [6.45, 7) is 6.46. The standard InChI is InChI=1S/C16H22N2O/c1-5-13-6-8-14(9-7-13)11-18(4)16(19)15(10-17)12(2)3/h6-9,12,15H,5,11H2,1-4H3. The molecule has 0 saturated heterocycles. The number of nitrogens with zero attached hydrogens (tertiary/aromatic N) is 2. The van der Waals surface area contributed by atoms with Gasteiger partial charge in [0.15, 0.2) is 0 Å². The highest BCUT2D eigenvalue weighted by atomic mass is 16.2. The fourth-order valence-electron chi connectivity index (χ4n) is 1.96. The molecule has 3 nitrogen and oxygen atoms in total. The van der Waals surface area contributed by atoms with Gasteiger partial charge >= 0.3 is 0 Å². The minimum Gasteiger partial charge on any atom is -0.340 e. The number of rotatable bonds is 5. The number of carbonyl (C=O) groups is 1. The molecule has 1 aromatic rings. The number of benzene rings is 1. The highest BCUT2D eigenvalue weighted by molar-refractivity contribution is 5.81. The first kappa shape index (κ1) is 15.2. The SMILES string of the molecule is CCc1ccc(CN(C)C(=O)C(C#N)C(C)C)cc1. The molecule has 1 atom stereocenters. The molecule has 1 amide bonds. The summed E-state index contributed by atoms with van der Waals surface area (Å²) in [5.41, 5.74) is 2.38. The maximum Gasteiger partial charge on any atom is 0.240 e. The molecule has 0 aromatic heterocycles. The highest BCUT2D eigenvalue weighted by Gasteiger charge is 2.24. The first-order chi connectivity index (χ1) is 8.99. The van der Waals surface area contributed by atoms with Crippen LogP contribution in [0.15, 0.2) is 24.3 Å². The fraction of sp³-hybridized carbons (Fsp3) is 0.500. The van der Waals surface area contributed by atoms with E-state index in [0.29, 0.717) is 6.54 Å². The zero-order valence-corrected chi connectivity index (χ0v) is 12.2. The Bertz CT molecular complexity index is 457. The molecule has 19 heavy (non-hydrogen) atoms. The summed E-state index contributed by atoms with van der Waals surface area (Å²) < 4.78 is 0. The fourth-order valence-corrected chi connectivity index (χ4v) is 1.96. The number of aryl methyl sites for hydroxylation is 1. The molecule has 0 bridgehead atoms. The van der Waals surface area contributed by atoms with Crippen LogP contribution in [0.2, 0.25) is 0 Å². The third-order valence-corrected chi connectivity index (χ3v) is 3.30. The topological polar surface area (TPSA) is 44.1 Å². The van der Waals surface area contributed by atoms with Crippen molar-refractivity contribution in [1.29, 1.82) is 5.26 Å². The molecule has 1 aromatic carbocycles. The average molecular weight is 258 g/mol. The minimum absolute atomic E-state index is 0.0439. The summed E-state index contributed by atoms with van der Waals surface area (Å²) in [7, 11) is 1.75. The van der Waals surface area contributed by atoms with Crippen LogP contribution in [-0.2, 0) is 17.8 Å². The molecule has 102 valence electrons. The van der Waals surface area contributed by atoms with Crippen LogP contribution in [-0.4, -0.2) is 17.9 Å². The van der Waals surface area contributed by atoms with Gasteiger partial charge in [-0.15, -0.1) is 0 Å². The van der Waals surface area contributed by atoms with E-state index in [-0.39, 0.29) is 11.8 Å². The van der Waals surface area contributed by atoms with Crippen molar-refractivity contribution in [2.24, 2.45) is 11.8 Å². The normalized spacial score (nSPS) is 12.0. The molecule has 0 aliphatic heterocycles. The van der Waals surface area contributed by atoms with Gasteiger partial charge in [0.05, 0.1) is 6.07 Å². The Morgan fingerprint density at radius 1 is 1.26 bits per heavy atom. The van der Waals surface area contributed by atoms with Gasteiger partial charge in [-0.1, -0.05) is 45.0 Å². The predicted molar refractivity (Wildman–Crippen MR) is 76.2 cm³/mol. The van der Waals surface area contributed by atoms with Gasteiger partial charge in [-0.2, -0.15) is 5.26 Å². The van der Waals surface area contributed by atoms with E-state index in [1.807, 2.05) is 26.0 Å². The van der Waals surface area contributed by atoms with Crippen LogP contribution < -0.4 is 0 Å². The van der Waals surface area contributed by atoms with Gasteiger partial charge < -0.3 is 4.90 Å². The second-order valence-corrected chi connectivity index (χ2v) is 5.22. The van der Waals surface area contributed by atoms with Gasteiger partial charge in [0, 0.05) is 13.6 Å². The van der Waals surface area contributed by atoms with E-state index in [0.717, 1.165) is 12.0 Å². The molecule has 0 radical (unpaired) electrons. The van der Waals surface area contributed by atoms with Crippen LogP contribution in [0.3, 0.4) is 0 Å². The molecule has 1 unspecified atom stereocenters. The van der Waals surface area contributed by atoms with Crippen molar-refractivity contribution < 1.29 is 4.79 Å². The maximum atomic E-state index is 12.1. The summed E-state index contributed by atoms with van der Waals surface area (Å²) in [6.07, 6.45) is 1.01. The van der Waals surface area contributed by atoms with Gasteiger partial charge in [-0.3, -0.25) is 4.79 Å². The zero-order chi connectivity index (χ0) is 14.4. The van der Waals surface area contributed by atoms with Crippen molar-refractivity contribution in [3.05, 3.63) is 35.4 Å². The average Bonchev–Trinajstić information content (AvgIpc) is 2.39. The molecule has 0 saturated carbocycles. The Morgan fingerprint density at radius 2 is 1.79 bits per heavy atom. The van der Waals surface area contributed by atoms with Gasteiger partial charge in [0.1, 0.15) is 5.92 Å². The lowest BCUT2D eigenvalue weighted by atomic mass is 9.96. The molecule has 3 heteroatoms. The van der Waals surface area contributed by atoms with Gasteiger partial charge in [0.25, 0.3) is 0 Å². The van der Waals surface area contributed by atoms with E-state index in [1.54, 1.807) is 11.9 Å². The number of hydrogen-bond acceptors (Lipinski definition) is 2. The molecular weight excluding hydrogens is 236 g/mol. The molecule has 1 rings (SSSR count). The van der Waals surface area contributed by atoms with Gasteiger partial charge in [-0.05, 0) is 23.5 Å². The quantitative estimate of drug-likeness (QED) is 0.815. The summed E-state index contributed by atoms with van der Waals surface area (Å²) in [5, 5.41) is 9.05. The van der Waals surface area contributed by atoms with E-state index in [4.69, 9.17) is 5.26 Å². The monoisotopic (exact) mass is 258 g/mol. The Morgan fingerprint density at radius 3 is 2.21 bits per heavy atom. The zero-order valence-electron chi connectivity index (χ0n) is 12.2. The largest absolute Gasteiger partial charge is 0.340 e. The lowest BCUT2D eigenvalue weighted by molar-refractivity contribution is -0.134. The van der Waals surface area contributed by atoms with Crippen molar-refractivity contribution in [1.82, 2.24) is 4.90 Å². The summed E-state index contributed by atoms with van der Waals surface area (Å²) in [6, 6.07) is 10.3. The van der Waals surface area contributed by atoms with Crippen LogP contribution in [0.4, 0.5) is 0 Å². The lowest BCUT2D eigenvalue weighted by Gasteiger charge is -2.22. The second-order valence-electron chi connectivity index (χ2n) is 5.22. The highest BCUT2D eigenvalue weighted by Crippen LogP contribution is 2.15. The van der Waals surface area contributed by atoms with Gasteiger partial charge in [-0.25, -0.2) is 0 Å². The van der Waals surface area contributed by atoms with Crippen LogP contribution in [0, 0.1) is 23.2 Å². The van der Waals surface area contributed by atoms with E-state index in [9.17, 15) is 4.79 Å². The number of hydrogen-bond donors (Lipinski definition) is 0. The van der Waals surface area contributed by atoms with Gasteiger partial charge in [0.2, 0.25) is 5.91 Å². The molecular formula is C16H22N2O. The molecule has 0 N–H and O–H groups in total. The lowest BCUT2D eigenvalue weighted by Crippen LogP contribution is -2.34. The number of nitriles is 1. The maximum absolute atomic E-state index is 12.1. The molecule has 0 aliphatic carbocycles. The van der Waals surface area contributed by atoms with Crippen LogP contribution in [0.5, 0.6) is 0 Å². The molecule has 0 aliphatic rings. The first-order valence-corrected chi connectivity index (χ1v) is 6.72. The Labute approximate surface area is 115 Å². The smallest absolute Gasteiger partial charge is 0.240 e. The summed E-state index contributed by atoms with van der Waals surface area (Å²) >= 11 is 0. The molecule has 0 fully saturated rings. The first-order valence-electron chi connectivity index (χ1n) is 6.72. The number of carbonyl (C=O) groups excluding carboxylic acids is 1. The van der Waals surface area contributed by atoms with Crippen molar-refractivity contribution in [2.45, 2.75) is 33.7 Å². The predicted octanol–water partition coefficient (Wildman–Crippen LogP) is 3.00. The minimum atomic E-state index is -0.556. The van der Waals surface area contributed by atoms with Crippen LogP contribution in [0.1, 0.15) is 31.9 Å². The van der Waals surface area contributed by atoms with Crippen LogP contribution in [0.25, 0.3) is 0 Å². The van der Waals surface area contributed by atoms with E-state index in [2.05, 4.69) is 25.1 Å². The third kappa shape index (κ3) is 4.10. The number of amides is 1. The Kier molecular flexibility index (Phi) is 5.57. The summed E-state index contributed by atoms with van der Waals surface area (Å²) in [5.74, 6) is -0.612. The molecule has 0 heterocycles. The van der Waals surface area contributed by atoms with E-state index >= 15 is 0 Å². The summed E-state index contributed by atoms with van der Waals surface area (Å²) in [4.78, 5) is 13.8. The van der Waals surface area contributed by atoms with Crippen LogP contribution >= 0.6 is 0 Å². The Balaban J connectivity index is 2.70. The Hall–Kier alpha value is -1.82. The third-order valence-electron chi connectivity index (χ3n) is 3.30. The molecule has 0 spiro atoms. The van der Waals surface area contributed by atoms with E-state index < -0.39 is 5.92 Å². The van der Waals surface area contributed by atoms with Crippen molar-refractivity contribution >= 4 is 5.91 Å². The van der Waals surface area contributed by atoms with Crippen molar-refractivity contribution in [3.8, 4) is 6.07 Å². The van der Waals surface area contributed by atoms with E-state index in [1.165, 1.54) is 5.56 Å². The van der Waals surface area contributed by atoms with Crippen molar-refractivity contribution in [3.63, 3.8) is 0 Å². The van der Waals surface area contributed by atoms with Crippen molar-refractivity contribution in [2.75, 3.05) is 7.05 Å². The second kappa shape index (κ2) is 6.94.